The molecule has 0 aliphatic heterocycles. The van der Waals surface area contributed by atoms with Gasteiger partial charge in [-0.1, -0.05) is 106 Å². The molecule has 0 radical (unpaired) electrons. The van der Waals surface area contributed by atoms with Gasteiger partial charge in [-0.2, -0.15) is 0 Å². The van der Waals surface area contributed by atoms with Gasteiger partial charge < -0.3 is 4.43 Å². The SMILES string of the molecule is CCCC/C(C)=C\CO[Si](c1ccccc1)(c1ccccc1)C(C)(C)C. The summed E-state index contributed by atoms with van der Waals surface area (Å²) in [7, 11) is -2.39. The van der Waals surface area contributed by atoms with E-state index in [2.05, 4.69) is 101 Å². The average Bonchev–Trinajstić information content (AvgIpc) is 2.64. The summed E-state index contributed by atoms with van der Waals surface area (Å²) < 4.78 is 6.88. The van der Waals surface area contributed by atoms with E-state index in [4.69, 9.17) is 4.43 Å². The topological polar surface area (TPSA) is 9.23 Å². The fraction of sp³-hybridized carbons (Fsp3) is 0.417. The third-order valence-corrected chi connectivity index (χ3v) is 10.1. The monoisotopic (exact) mass is 366 g/mol. The zero-order valence-corrected chi connectivity index (χ0v) is 18.1. The van der Waals surface area contributed by atoms with Gasteiger partial charge in [-0.25, -0.2) is 0 Å². The molecular formula is C24H34OSi. The number of rotatable bonds is 8. The first kappa shape index (κ1) is 20.7. The molecule has 0 heterocycles. The van der Waals surface area contributed by atoms with Crippen molar-refractivity contribution >= 4 is 18.7 Å². The van der Waals surface area contributed by atoms with E-state index in [1.54, 1.807) is 0 Å². The van der Waals surface area contributed by atoms with E-state index in [-0.39, 0.29) is 5.04 Å². The molecule has 0 bridgehead atoms. The van der Waals surface area contributed by atoms with Gasteiger partial charge in [0.2, 0.25) is 0 Å². The number of hydrogen-bond acceptors (Lipinski definition) is 1. The third kappa shape index (κ3) is 4.75. The van der Waals surface area contributed by atoms with Crippen molar-refractivity contribution < 1.29 is 4.43 Å². The summed E-state index contributed by atoms with van der Waals surface area (Å²) in [6.07, 6.45) is 5.94. The maximum Gasteiger partial charge on any atom is 0.261 e. The van der Waals surface area contributed by atoms with Gasteiger partial charge in [0.25, 0.3) is 8.32 Å². The van der Waals surface area contributed by atoms with Gasteiger partial charge in [0.1, 0.15) is 0 Å². The van der Waals surface area contributed by atoms with Crippen LogP contribution < -0.4 is 10.4 Å². The van der Waals surface area contributed by atoms with E-state index in [1.165, 1.54) is 35.2 Å². The van der Waals surface area contributed by atoms with Crippen LogP contribution in [0.15, 0.2) is 72.3 Å². The van der Waals surface area contributed by atoms with Gasteiger partial charge >= 0.3 is 0 Å². The van der Waals surface area contributed by atoms with Crippen LogP contribution >= 0.6 is 0 Å². The van der Waals surface area contributed by atoms with Crippen LogP contribution in [0.3, 0.4) is 0 Å². The van der Waals surface area contributed by atoms with Crippen molar-refractivity contribution in [2.75, 3.05) is 6.61 Å². The molecule has 0 atom stereocenters. The molecule has 0 unspecified atom stereocenters. The zero-order chi connectivity index (χ0) is 19.0. The highest BCUT2D eigenvalue weighted by molar-refractivity contribution is 6.99. The van der Waals surface area contributed by atoms with Crippen LogP contribution in [0.1, 0.15) is 53.9 Å². The van der Waals surface area contributed by atoms with Gasteiger partial charge in [0.15, 0.2) is 0 Å². The second kappa shape index (κ2) is 9.34. The predicted octanol–water partition coefficient (Wildman–Crippen LogP) is 5.70. The van der Waals surface area contributed by atoms with Crippen molar-refractivity contribution in [3.8, 4) is 0 Å². The van der Waals surface area contributed by atoms with Crippen molar-refractivity contribution in [1.29, 1.82) is 0 Å². The Hall–Kier alpha value is -1.64. The molecule has 1 nitrogen and oxygen atoms in total. The minimum Gasteiger partial charge on any atom is -0.404 e. The van der Waals surface area contributed by atoms with Crippen LogP contribution in [-0.4, -0.2) is 14.9 Å². The predicted molar refractivity (Wildman–Crippen MR) is 117 cm³/mol. The highest BCUT2D eigenvalue weighted by atomic mass is 28.4. The quantitative estimate of drug-likeness (QED) is 0.430. The molecule has 140 valence electrons. The van der Waals surface area contributed by atoms with Crippen LogP contribution in [0.4, 0.5) is 0 Å². The maximum atomic E-state index is 6.88. The van der Waals surface area contributed by atoms with E-state index >= 15 is 0 Å². The normalized spacial score (nSPS) is 13.0. The van der Waals surface area contributed by atoms with Gasteiger partial charge in [-0.05, 0) is 35.2 Å². The standard InChI is InChI=1S/C24H34OSi/c1-6-7-14-21(2)19-20-25-26(24(3,4)5,22-15-10-8-11-16-22)23-17-12-9-13-18-23/h8-13,15-19H,6-7,14,20H2,1-5H3/b21-19-. The van der Waals surface area contributed by atoms with Crippen LogP contribution in [-0.2, 0) is 4.43 Å². The Labute approximate surface area is 161 Å². The molecule has 2 rings (SSSR count). The Morgan fingerprint density at radius 1 is 0.923 bits per heavy atom. The van der Waals surface area contributed by atoms with Gasteiger partial charge in [-0.15, -0.1) is 0 Å². The zero-order valence-electron chi connectivity index (χ0n) is 17.1. The van der Waals surface area contributed by atoms with Crippen LogP contribution in [0.25, 0.3) is 0 Å². The fourth-order valence-corrected chi connectivity index (χ4v) is 8.12. The van der Waals surface area contributed by atoms with E-state index < -0.39 is 8.32 Å². The third-order valence-electron chi connectivity index (χ3n) is 5.07. The molecule has 0 N–H and O–H groups in total. The Morgan fingerprint density at radius 3 is 1.85 bits per heavy atom. The molecule has 0 aromatic heterocycles. The van der Waals surface area contributed by atoms with Crippen LogP contribution in [0.2, 0.25) is 5.04 Å². The highest BCUT2D eigenvalue weighted by Crippen LogP contribution is 2.36. The number of unbranched alkanes of at least 4 members (excludes halogenated alkanes) is 1. The summed E-state index contributed by atoms with van der Waals surface area (Å²) in [6, 6.07) is 21.7. The van der Waals surface area contributed by atoms with Gasteiger partial charge in [0, 0.05) is 0 Å². The number of benzene rings is 2. The van der Waals surface area contributed by atoms with E-state index in [1.807, 2.05) is 0 Å². The Balaban J connectivity index is 2.44. The van der Waals surface area contributed by atoms with Crippen molar-refractivity contribution in [2.45, 2.75) is 58.9 Å². The molecule has 0 saturated heterocycles. The average molecular weight is 367 g/mol. The lowest BCUT2D eigenvalue weighted by molar-refractivity contribution is 0.338. The van der Waals surface area contributed by atoms with Crippen molar-refractivity contribution in [3.63, 3.8) is 0 Å². The first-order valence-electron chi connectivity index (χ1n) is 9.82. The number of hydrogen-bond donors (Lipinski definition) is 0. The highest BCUT2D eigenvalue weighted by Gasteiger charge is 2.49. The van der Waals surface area contributed by atoms with Crippen molar-refractivity contribution in [3.05, 3.63) is 72.3 Å². The molecule has 2 heteroatoms. The van der Waals surface area contributed by atoms with Crippen molar-refractivity contribution in [1.82, 2.24) is 0 Å². The molecule has 0 fully saturated rings. The summed E-state index contributed by atoms with van der Waals surface area (Å²) >= 11 is 0. The Bertz CT molecular complexity index is 644. The van der Waals surface area contributed by atoms with Crippen molar-refractivity contribution in [2.24, 2.45) is 0 Å². The Kier molecular flexibility index (Phi) is 7.42. The largest absolute Gasteiger partial charge is 0.404 e. The summed E-state index contributed by atoms with van der Waals surface area (Å²) in [4.78, 5) is 0. The maximum absolute atomic E-state index is 6.88. The molecule has 0 spiro atoms. The lowest BCUT2D eigenvalue weighted by atomic mass is 10.1. The van der Waals surface area contributed by atoms with Crippen LogP contribution in [0.5, 0.6) is 0 Å². The molecule has 0 aliphatic rings. The van der Waals surface area contributed by atoms with Gasteiger partial charge in [0.05, 0.1) is 6.61 Å². The molecule has 2 aromatic carbocycles. The summed E-state index contributed by atoms with van der Waals surface area (Å²) in [5.41, 5.74) is 1.43. The Morgan fingerprint density at radius 2 is 1.42 bits per heavy atom. The minimum absolute atomic E-state index is 0.0425. The molecular weight excluding hydrogens is 332 g/mol. The van der Waals surface area contributed by atoms with E-state index in [0.29, 0.717) is 6.61 Å². The number of allylic oxidation sites excluding steroid dienone is 1. The smallest absolute Gasteiger partial charge is 0.261 e. The van der Waals surface area contributed by atoms with Crippen LogP contribution in [0, 0.1) is 0 Å². The lowest BCUT2D eigenvalue weighted by Gasteiger charge is -2.42. The second-order valence-electron chi connectivity index (χ2n) is 8.13. The summed E-state index contributed by atoms with van der Waals surface area (Å²) in [5.74, 6) is 0. The van der Waals surface area contributed by atoms with E-state index in [9.17, 15) is 0 Å². The molecule has 0 aliphatic carbocycles. The second-order valence-corrected chi connectivity index (χ2v) is 12.4. The van der Waals surface area contributed by atoms with Gasteiger partial charge in [-0.3, -0.25) is 0 Å². The molecule has 0 saturated carbocycles. The van der Waals surface area contributed by atoms with E-state index in [0.717, 1.165) is 0 Å². The molecule has 26 heavy (non-hydrogen) atoms. The lowest BCUT2D eigenvalue weighted by Crippen LogP contribution is -2.66. The first-order valence-corrected chi connectivity index (χ1v) is 11.7. The summed E-state index contributed by atoms with van der Waals surface area (Å²) in [5, 5.41) is 2.73. The molecule has 0 amide bonds. The minimum atomic E-state index is -2.39. The first-order chi connectivity index (χ1) is 12.4. The fourth-order valence-electron chi connectivity index (χ4n) is 3.63. The summed E-state index contributed by atoms with van der Waals surface area (Å²) in [6.45, 7) is 12.1. The molecule has 2 aromatic rings.